The molecule has 0 radical (unpaired) electrons. The standard InChI is InChI=1S/2C6H15P.2C2H3O.Ni/c2*1-4-7(5-2)6-3;2*1-2-3;/h2*4-6H2,1-3H3;2*1H3;/q;;2*-1;+2/p+2. The summed E-state index contributed by atoms with van der Waals surface area (Å²) >= 11 is 0. The first-order valence-corrected chi connectivity index (χ1v) is 12.0. The van der Waals surface area contributed by atoms with Gasteiger partial charge in [0.25, 0.3) is 0 Å². The van der Waals surface area contributed by atoms with Gasteiger partial charge in [-0.2, -0.15) is 13.8 Å². The summed E-state index contributed by atoms with van der Waals surface area (Å²) in [4.78, 5) is 17.4. The van der Waals surface area contributed by atoms with E-state index in [0.717, 1.165) is 0 Å². The molecule has 0 heterocycles. The van der Waals surface area contributed by atoms with Crippen LogP contribution in [0.3, 0.4) is 0 Å². The van der Waals surface area contributed by atoms with E-state index in [1.165, 1.54) is 63.4 Å². The van der Waals surface area contributed by atoms with Gasteiger partial charge >= 0.3 is 16.5 Å². The van der Waals surface area contributed by atoms with E-state index >= 15 is 0 Å². The van der Waals surface area contributed by atoms with E-state index in [-0.39, 0.29) is 32.3 Å². The Morgan fingerprint density at radius 2 is 0.667 bits per heavy atom. The molecule has 0 bridgehead atoms. The smallest absolute Gasteiger partial charge is 0.542 e. The quantitative estimate of drug-likeness (QED) is 0.377. The van der Waals surface area contributed by atoms with Gasteiger partial charge in [0.2, 0.25) is 0 Å². The van der Waals surface area contributed by atoms with Gasteiger partial charge in [-0.3, -0.25) is 12.6 Å². The molecule has 0 spiro atoms. The molecule has 0 saturated carbocycles. The summed E-state index contributed by atoms with van der Waals surface area (Å²) in [6.45, 7) is 16.5. The summed E-state index contributed by atoms with van der Waals surface area (Å²) < 4.78 is 0. The third kappa shape index (κ3) is 44.9. The first-order chi connectivity index (χ1) is 9.52. The van der Waals surface area contributed by atoms with Crippen LogP contribution in [-0.2, 0) is 26.1 Å². The van der Waals surface area contributed by atoms with E-state index in [1.54, 1.807) is 0 Å². The molecule has 21 heavy (non-hydrogen) atoms. The van der Waals surface area contributed by atoms with Gasteiger partial charge in [-0.15, -0.1) is 0 Å². The third-order valence-corrected chi connectivity index (χ3v) is 9.00. The minimum atomic E-state index is 0. The maximum Gasteiger partial charge on any atom is 2.00 e. The van der Waals surface area contributed by atoms with Crippen LogP contribution in [0, 0.1) is 0 Å². The maximum absolute atomic E-state index is 8.68. The molecule has 0 atom stereocenters. The van der Waals surface area contributed by atoms with Gasteiger partial charge in [0, 0.05) is 0 Å². The number of hydrogen-bond donors (Lipinski definition) is 0. The predicted molar refractivity (Wildman–Crippen MR) is 103 cm³/mol. The van der Waals surface area contributed by atoms with Gasteiger partial charge < -0.3 is 9.59 Å². The molecule has 0 saturated heterocycles. The van der Waals surface area contributed by atoms with Gasteiger partial charge in [0.15, 0.2) is 0 Å². The second-order valence-corrected chi connectivity index (χ2v) is 11.3. The molecule has 0 N–H and O–H groups in total. The molecule has 0 rings (SSSR count). The van der Waals surface area contributed by atoms with Gasteiger partial charge in [0.1, 0.15) is 0 Å². The molecule has 0 aromatic rings. The Morgan fingerprint density at radius 1 is 0.571 bits per heavy atom. The zero-order valence-corrected chi connectivity index (χ0v) is 18.4. The van der Waals surface area contributed by atoms with Crippen molar-refractivity contribution in [3.8, 4) is 0 Å². The fraction of sp³-hybridized carbons (Fsp3) is 0.875. The van der Waals surface area contributed by atoms with E-state index in [4.69, 9.17) is 9.59 Å². The van der Waals surface area contributed by atoms with Crippen molar-refractivity contribution in [2.24, 2.45) is 0 Å². The monoisotopic (exact) mass is 382 g/mol. The third-order valence-electron chi connectivity index (χ3n) is 3.00. The van der Waals surface area contributed by atoms with Crippen molar-refractivity contribution in [3.63, 3.8) is 0 Å². The van der Waals surface area contributed by atoms with Gasteiger partial charge in [-0.05, 0) is 57.4 Å². The van der Waals surface area contributed by atoms with Crippen molar-refractivity contribution in [2.75, 3.05) is 37.0 Å². The van der Waals surface area contributed by atoms with Crippen LogP contribution in [0.2, 0.25) is 0 Å². The summed E-state index contributed by atoms with van der Waals surface area (Å²) in [7, 11) is 0.275. The van der Waals surface area contributed by atoms with Crippen LogP contribution in [0.5, 0.6) is 0 Å². The average molecular weight is 383 g/mol. The molecule has 0 unspecified atom stereocenters. The predicted octanol–water partition coefficient (Wildman–Crippen LogP) is 4.75. The Hall–Kier alpha value is 0.694. The first-order valence-electron chi connectivity index (χ1n) is 7.77. The molecule has 2 nitrogen and oxygen atoms in total. The van der Waals surface area contributed by atoms with Gasteiger partial charge in [0.05, 0.1) is 37.0 Å². The molecule has 5 heteroatoms. The summed E-state index contributed by atoms with van der Waals surface area (Å²) in [6, 6.07) is 0. The van der Waals surface area contributed by atoms with Crippen molar-refractivity contribution in [1.29, 1.82) is 0 Å². The maximum atomic E-state index is 8.68. The SMILES string of the molecule is CC[PH+](CC)CC.CC[PH+](CC)CC.C[C-]=O.C[C-]=O.[Ni+2]. The van der Waals surface area contributed by atoms with E-state index < -0.39 is 0 Å². The Balaban J connectivity index is -0.0000000576. The van der Waals surface area contributed by atoms with E-state index in [9.17, 15) is 0 Å². The van der Waals surface area contributed by atoms with Gasteiger partial charge in [-0.25, -0.2) is 0 Å². The molecule has 0 aromatic heterocycles. The molecule has 132 valence electrons. The van der Waals surface area contributed by atoms with Crippen molar-refractivity contribution >= 4 is 28.4 Å². The Kier molecular flexibility index (Phi) is 59.0. The van der Waals surface area contributed by atoms with Crippen LogP contribution in [-0.4, -0.2) is 49.5 Å². The van der Waals surface area contributed by atoms with Crippen LogP contribution in [0.4, 0.5) is 0 Å². The fourth-order valence-corrected chi connectivity index (χ4v) is 4.50. The molecule has 0 amide bonds. The van der Waals surface area contributed by atoms with E-state index in [2.05, 4.69) is 41.5 Å². The second-order valence-electron chi connectivity index (χ2n) is 4.03. The zero-order chi connectivity index (χ0) is 16.8. The Morgan fingerprint density at radius 3 is 0.667 bits per heavy atom. The second kappa shape index (κ2) is 37.2. The zero-order valence-electron chi connectivity index (χ0n) is 15.4. The normalized spacial score (nSPS) is 8.10. The fourth-order valence-electron chi connectivity index (χ4n) is 1.50. The minimum absolute atomic E-state index is 0. The first kappa shape index (κ1) is 33.3. The van der Waals surface area contributed by atoms with Crippen molar-refractivity contribution in [1.82, 2.24) is 0 Å². The van der Waals surface area contributed by atoms with E-state index in [1.807, 2.05) is 0 Å². The average Bonchev–Trinajstić information content (AvgIpc) is 2.45. The van der Waals surface area contributed by atoms with Crippen LogP contribution >= 0.6 is 15.8 Å². The molecule has 0 aliphatic heterocycles. The van der Waals surface area contributed by atoms with E-state index in [0.29, 0.717) is 0 Å². The molecule has 0 aliphatic rings. The largest absolute Gasteiger partial charge is 2.00 e. The summed E-state index contributed by atoms with van der Waals surface area (Å²) in [5, 5.41) is 0. The number of hydrogen-bond acceptors (Lipinski definition) is 2. The molecule has 0 aliphatic carbocycles. The van der Waals surface area contributed by atoms with Crippen LogP contribution in [0.25, 0.3) is 0 Å². The Labute approximate surface area is 147 Å². The van der Waals surface area contributed by atoms with Crippen molar-refractivity contribution in [2.45, 2.75) is 55.4 Å². The Bertz CT molecular complexity index is 133. The van der Waals surface area contributed by atoms with Crippen LogP contribution in [0.15, 0.2) is 0 Å². The van der Waals surface area contributed by atoms with Crippen molar-refractivity contribution < 1.29 is 26.1 Å². The van der Waals surface area contributed by atoms with Crippen LogP contribution in [0.1, 0.15) is 55.4 Å². The number of carbonyl (C=O) groups excluding carboxylic acids is 2. The van der Waals surface area contributed by atoms with Gasteiger partial charge in [-0.1, -0.05) is 0 Å². The topological polar surface area (TPSA) is 34.1 Å². The molecular formula is C16H38NiO2P2+2. The molecular weight excluding hydrogens is 345 g/mol. The summed E-state index contributed by atoms with van der Waals surface area (Å²) in [6.07, 6.45) is 11.7. The molecule has 0 fully saturated rings. The minimum Gasteiger partial charge on any atom is -0.542 e. The molecule has 0 aromatic carbocycles. The van der Waals surface area contributed by atoms with Crippen molar-refractivity contribution in [3.05, 3.63) is 0 Å². The van der Waals surface area contributed by atoms with Crippen LogP contribution < -0.4 is 0 Å². The number of rotatable bonds is 6. The summed E-state index contributed by atoms with van der Waals surface area (Å²) in [5.41, 5.74) is 0. The summed E-state index contributed by atoms with van der Waals surface area (Å²) in [5.74, 6) is 0.